The Morgan fingerprint density at radius 3 is 2.16 bits per heavy atom. The van der Waals surface area contributed by atoms with Crippen molar-refractivity contribution < 1.29 is 27.5 Å². The number of likely N-dealkylation sites (N-methyl/N-ethyl adjacent to an activating group) is 1. The normalized spacial score (nSPS) is 11.0. The third kappa shape index (κ3) is 3.70. The van der Waals surface area contributed by atoms with Gasteiger partial charge in [0.2, 0.25) is 0 Å². The van der Waals surface area contributed by atoms with E-state index in [1.54, 1.807) is 6.92 Å². The van der Waals surface area contributed by atoms with E-state index >= 15 is 0 Å². The van der Waals surface area contributed by atoms with E-state index in [4.69, 9.17) is 0 Å². The Balaban J connectivity index is 2.86. The highest BCUT2D eigenvalue weighted by Crippen LogP contribution is 2.30. The van der Waals surface area contributed by atoms with Gasteiger partial charge < -0.3 is 9.64 Å². The highest BCUT2D eigenvalue weighted by atomic mass is 19.4. The van der Waals surface area contributed by atoms with Gasteiger partial charge in [-0.1, -0.05) is 0 Å². The van der Waals surface area contributed by atoms with Crippen molar-refractivity contribution in [2.75, 3.05) is 18.6 Å². The van der Waals surface area contributed by atoms with E-state index in [-0.39, 0.29) is 12.3 Å². The molecule has 0 bridgehead atoms. The lowest BCUT2D eigenvalue weighted by atomic mass is 10.2. The Hall–Kier alpha value is -2.05. The summed E-state index contributed by atoms with van der Waals surface area (Å²) in [5, 5.41) is 0. The number of amides is 1. The summed E-state index contributed by atoms with van der Waals surface area (Å²) in [6.45, 7) is 1.59. The number of anilines is 1. The summed E-state index contributed by atoms with van der Waals surface area (Å²) in [7, 11) is 1.28. The topological polar surface area (TPSA) is 46.6 Å². The van der Waals surface area contributed by atoms with Gasteiger partial charge in [-0.15, -0.1) is 0 Å². The number of ether oxygens (including phenoxy) is 1. The molecule has 0 aliphatic rings. The van der Waals surface area contributed by atoms with Crippen LogP contribution in [0.2, 0.25) is 0 Å². The number of alkyl halides is 3. The van der Waals surface area contributed by atoms with E-state index in [2.05, 4.69) is 4.74 Å². The van der Waals surface area contributed by atoms with Gasteiger partial charge in [0, 0.05) is 12.7 Å². The molecule has 0 aromatic heterocycles. The molecule has 1 aromatic rings. The van der Waals surface area contributed by atoms with Crippen LogP contribution in [-0.4, -0.2) is 25.5 Å². The molecule has 0 N–H and O–H groups in total. The lowest BCUT2D eigenvalue weighted by Crippen LogP contribution is -2.34. The first-order chi connectivity index (χ1) is 8.77. The zero-order chi connectivity index (χ0) is 14.6. The van der Waals surface area contributed by atoms with E-state index in [0.29, 0.717) is 0 Å². The highest BCUT2D eigenvalue weighted by molar-refractivity contribution is 6.37. The fraction of sp³-hybridized carbons (Fsp3) is 0.333. The minimum atomic E-state index is -4.44. The van der Waals surface area contributed by atoms with Crippen molar-refractivity contribution in [1.29, 1.82) is 0 Å². The molecule has 0 atom stereocenters. The Labute approximate surface area is 107 Å². The zero-order valence-corrected chi connectivity index (χ0v) is 10.3. The molecule has 0 fully saturated rings. The summed E-state index contributed by atoms with van der Waals surface area (Å²) in [6.07, 6.45) is -4.44. The quantitative estimate of drug-likeness (QED) is 0.614. The molecule has 0 aliphatic heterocycles. The summed E-state index contributed by atoms with van der Waals surface area (Å²) in [6, 6.07) is 3.90. The van der Waals surface area contributed by atoms with Gasteiger partial charge in [0.25, 0.3) is 0 Å². The molecule has 1 amide bonds. The Morgan fingerprint density at radius 1 is 1.21 bits per heavy atom. The van der Waals surface area contributed by atoms with Crippen LogP contribution in [0, 0.1) is 0 Å². The molecule has 7 heteroatoms. The molecule has 1 aromatic carbocycles. The van der Waals surface area contributed by atoms with Crippen molar-refractivity contribution in [3.05, 3.63) is 29.8 Å². The second-order valence-electron chi connectivity index (χ2n) is 3.63. The number of carbonyl (C=O) groups is 2. The number of carbonyl (C=O) groups excluding carboxylic acids is 2. The summed E-state index contributed by atoms with van der Waals surface area (Å²) >= 11 is 0. The third-order valence-electron chi connectivity index (χ3n) is 2.34. The lowest BCUT2D eigenvalue weighted by molar-refractivity contribution is -0.153. The van der Waals surface area contributed by atoms with Gasteiger partial charge in [-0.2, -0.15) is 13.2 Å². The standard InChI is InChI=1S/C12H12F3NO3/c1-3-19-11(18)10(17)16(2)9-6-4-8(5-7-9)12(13,14)15/h4-7H,3H2,1-2H3. The zero-order valence-electron chi connectivity index (χ0n) is 10.3. The molecule has 104 valence electrons. The Kier molecular flexibility index (Phi) is 4.52. The fourth-order valence-corrected chi connectivity index (χ4v) is 1.32. The van der Waals surface area contributed by atoms with E-state index in [1.807, 2.05) is 0 Å². The van der Waals surface area contributed by atoms with Crippen molar-refractivity contribution >= 4 is 17.6 Å². The summed E-state index contributed by atoms with van der Waals surface area (Å²) in [5.41, 5.74) is -0.653. The van der Waals surface area contributed by atoms with Crippen LogP contribution in [0.4, 0.5) is 18.9 Å². The molecule has 19 heavy (non-hydrogen) atoms. The lowest BCUT2D eigenvalue weighted by Gasteiger charge is -2.16. The summed E-state index contributed by atoms with van der Waals surface area (Å²) < 4.78 is 41.6. The minimum absolute atomic E-state index is 0.0470. The predicted molar refractivity (Wildman–Crippen MR) is 61.5 cm³/mol. The van der Waals surface area contributed by atoms with Crippen LogP contribution in [-0.2, 0) is 20.5 Å². The van der Waals surface area contributed by atoms with Crippen molar-refractivity contribution in [3.63, 3.8) is 0 Å². The molecular formula is C12H12F3NO3. The molecule has 0 spiro atoms. The predicted octanol–water partition coefficient (Wildman–Crippen LogP) is 2.23. The molecule has 4 nitrogen and oxygen atoms in total. The fourth-order valence-electron chi connectivity index (χ4n) is 1.32. The van der Waals surface area contributed by atoms with Crippen LogP contribution in [0.15, 0.2) is 24.3 Å². The molecule has 0 unspecified atom stereocenters. The smallest absolute Gasteiger partial charge is 0.416 e. The Morgan fingerprint density at radius 2 is 1.74 bits per heavy atom. The van der Waals surface area contributed by atoms with Crippen LogP contribution in [0.25, 0.3) is 0 Å². The molecule has 1 rings (SSSR count). The summed E-state index contributed by atoms with van der Waals surface area (Å²) in [5.74, 6) is -1.99. The minimum Gasteiger partial charge on any atom is -0.459 e. The van der Waals surface area contributed by atoms with Crippen LogP contribution in [0.1, 0.15) is 12.5 Å². The van der Waals surface area contributed by atoms with Crippen LogP contribution >= 0.6 is 0 Å². The summed E-state index contributed by atoms with van der Waals surface area (Å²) in [4.78, 5) is 23.7. The molecule has 0 aliphatic carbocycles. The first-order valence-corrected chi connectivity index (χ1v) is 5.39. The van der Waals surface area contributed by atoms with Crippen molar-refractivity contribution in [1.82, 2.24) is 0 Å². The second-order valence-corrected chi connectivity index (χ2v) is 3.63. The van der Waals surface area contributed by atoms with Gasteiger partial charge in [-0.05, 0) is 31.2 Å². The van der Waals surface area contributed by atoms with Gasteiger partial charge in [0.15, 0.2) is 0 Å². The average Bonchev–Trinajstić information content (AvgIpc) is 2.36. The maximum atomic E-state index is 12.4. The monoisotopic (exact) mass is 275 g/mol. The van der Waals surface area contributed by atoms with Crippen LogP contribution < -0.4 is 4.90 Å². The maximum absolute atomic E-state index is 12.4. The number of hydrogen-bond donors (Lipinski definition) is 0. The second kappa shape index (κ2) is 5.73. The van der Waals surface area contributed by atoms with E-state index in [9.17, 15) is 22.8 Å². The van der Waals surface area contributed by atoms with Gasteiger partial charge in [0.05, 0.1) is 12.2 Å². The number of rotatable bonds is 2. The number of nitrogens with zero attached hydrogens (tertiary/aromatic N) is 1. The number of benzene rings is 1. The third-order valence-corrected chi connectivity index (χ3v) is 2.34. The van der Waals surface area contributed by atoms with Crippen molar-refractivity contribution in [3.8, 4) is 0 Å². The van der Waals surface area contributed by atoms with Crippen molar-refractivity contribution in [2.45, 2.75) is 13.1 Å². The molecule has 0 radical (unpaired) electrons. The molecular weight excluding hydrogens is 263 g/mol. The molecule has 0 saturated carbocycles. The molecule has 0 saturated heterocycles. The van der Waals surface area contributed by atoms with Gasteiger partial charge in [-0.25, -0.2) is 4.79 Å². The average molecular weight is 275 g/mol. The SMILES string of the molecule is CCOC(=O)C(=O)N(C)c1ccc(C(F)(F)F)cc1. The van der Waals surface area contributed by atoms with Gasteiger partial charge in [0.1, 0.15) is 0 Å². The van der Waals surface area contributed by atoms with E-state index in [1.165, 1.54) is 7.05 Å². The molecule has 0 heterocycles. The first-order valence-electron chi connectivity index (χ1n) is 5.39. The van der Waals surface area contributed by atoms with E-state index in [0.717, 1.165) is 29.2 Å². The van der Waals surface area contributed by atoms with Crippen LogP contribution in [0.3, 0.4) is 0 Å². The number of halogens is 3. The number of esters is 1. The van der Waals surface area contributed by atoms with E-state index < -0.39 is 23.6 Å². The first kappa shape index (κ1) is 15.0. The highest BCUT2D eigenvalue weighted by Gasteiger charge is 2.30. The Bertz CT molecular complexity index is 468. The largest absolute Gasteiger partial charge is 0.459 e. The van der Waals surface area contributed by atoms with Crippen LogP contribution in [0.5, 0.6) is 0 Å². The number of hydrogen-bond acceptors (Lipinski definition) is 3. The maximum Gasteiger partial charge on any atom is 0.416 e. The van der Waals surface area contributed by atoms with Crippen molar-refractivity contribution in [2.24, 2.45) is 0 Å². The van der Waals surface area contributed by atoms with Gasteiger partial charge >= 0.3 is 18.1 Å². The van der Waals surface area contributed by atoms with Gasteiger partial charge in [-0.3, -0.25) is 4.79 Å².